The number of phenols is 2. The lowest BCUT2D eigenvalue weighted by molar-refractivity contribution is 0.450. The third kappa shape index (κ3) is 3.93. The highest BCUT2D eigenvalue weighted by molar-refractivity contribution is 7.78. The largest absolute Gasteiger partial charge is 0.508 e. The summed E-state index contributed by atoms with van der Waals surface area (Å²) in [5, 5.41) is 20.5. The molecule has 96 valence electrons. The van der Waals surface area contributed by atoms with E-state index < -0.39 is 0 Å². The van der Waals surface area contributed by atoms with Crippen LogP contribution in [-0.2, 0) is 6.42 Å². The highest BCUT2D eigenvalue weighted by atomic mass is 32.1. The van der Waals surface area contributed by atoms with Crippen molar-refractivity contribution in [1.29, 1.82) is 0 Å². The van der Waals surface area contributed by atoms with Gasteiger partial charge in [0.15, 0.2) is 0 Å². The molecule has 19 heavy (non-hydrogen) atoms. The maximum Gasteiger partial charge on any atom is 0.119 e. The highest BCUT2D eigenvalue weighted by Crippen LogP contribution is 2.22. The van der Waals surface area contributed by atoms with Gasteiger partial charge in [-0.3, -0.25) is 0 Å². The molecule has 0 aliphatic carbocycles. The molecule has 0 aliphatic heterocycles. The van der Waals surface area contributed by atoms with Crippen LogP contribution in [0.5, 0.6) is 11.5 Å². The second-order valence-corrected chi connectivity index (χ2v) is 4.56. The molecule has 0 spiro atoms. The Kier molecular flexibility index (Phi) is 4.31. The summed E-state index contributed by atoms with van der Waals surface area (Å²) in [7, 11) is 0. The Labute approximate surface area is 117 Å². The summed E-state index contributed by atoms with van der Waals surface area (Å²) in [6.45, 7) is 0. The molecular weight excluding hydrogens is 256 g/mol. The molecule has 2 aromatic rings. The summed E-state index contributed by atoms with van der Waals surface area (Å²) >= 11 is 4.82. The summed E-state index contributed by atoms with van der Waals surface area (Å²) in [4.78, 5) is 0. The van der Waals surface area contributed by atoms with Crippen molar-refractivity contribution in [2.75, 3.05) is 0 Å². The molecule has 0 aliphatic rings. The summed E-state index contributed by atoms with van der Waals surface area (Å²) in [6, 6.07) is 12.6. The molecule has 0 heterocycles. The molecule has 2 nitrogen and oxygen atoms in total. The van der Waals surface area contributed by atoms with Crippen LogP contribution in [-0.4, -0.2) is 15.6 Å². The zero-order valence-electron chi connectivity index (χ0n) is 10.3. The molecular formula is C16H14O2S. The first kappa shape index (κ1) is 13.3. The standard InChI is InChI=1S/C16H14O2S/c17-15-9-14(10-16(18)11-15)6-5-12-1-3-13(4-2-12)7-8-19/h1-6,8-11,17-18H,7H2. The monoisotopic (exact) mass is 270 g/mol. The minimum Gasteiger partial charge on any atom is -0.508 e. The van der Waals surface area contributed by atoms with Crippen molar-refractivity contribution >= 4 is 29.7 Å². The normalized spacial score (nSPS) is 10.7. The minimum absolute atomic E-state index is 0.0518. The van der Waals surface area contributed by atoms with Crippen molar-refractivity contribution in [3.63, 3.8) is 0 Å². The number of thiocarbonyl (C=S) groups is 1. The molecule has 2 aromatic carbocycles. The second-order valence-electron chi connectivity index (χ2n) is 4.23. The molecule has 0 unspecified atom stereocenters. The number of aromatic hydroxyl groups is 2. The topological polar surface area (TPSA) is 40.5 Å². The Morgan fingerprint density at radius 3 is 2.00 bits per heavy atom. The van der Waals surface area contributed by atoms with Crippen molar-refractivity contribution in [1.82, 2.24) is 0 Å². The Morgan fingerprint density at radius 1 is 0.842 bits per heavy atom. The van der Waals surface area contributed by atoms with Gasteiger partial charge in [-0.1, -0.05) is 48.6 Å². The molecule has 0 amide bonds. The van der Waals surface area contributed by atoms with Crippen molar-refractivity contribution < 1.29 is 10.2 Å². The predicted octanol–water partition coefficient (Wildman–Crippen LogP) is 3.81. The summed E-state index contributed by atoms with van der Waals surface area (Å²) in [5.41, 5.74) is 2.98. The SMILES string of the molecule is Oc1cc(O)cc(C=Cc2ccc(CC=S)cc2)c1. The average Bonchev–Trinajstić information content (AvgIpc) is 2.37. The lowest BCUT2D eigenvalue weighted by Crippen LogP contribution is -1.83. The van der Waals surface area contributed by atoms with Crippen molar-refractivity contribution in [3.05, 3.63) is 59.2 Å². The van der Waals surface area contributed by atoms with Crippen LogP contribution in [0.3, 0.4) is 0 Å². The fourth-order valence-electron chi connectivity index (χ4n) is 1.77. The van der Waals surface area contributed by atoms with Gasteiger partial charge in [-0.2, -0.15) is 0 Å². The molecule has 0 saturated heterocycles. The smallest absolute Gasteiger partial charge is 0.119 e. The Bertz CT molecular complexity index is 580. The predicted molar refractivity (Wildman–Crippen MR) is 82.5 cm³/mol. The zero-order chi connectivity index (χ0) is 13.7. The van der Waals surface area contributed by atoms with E-state index in [1.165, 1.54) is 11.6 Å². The Hall–Kier alpha value is -2.13. The number of rotatable bonds is 4. The van der Waals surface area contributed by atoms with Gasteiger partial charge in [0.05, 0.1) is 0 Å². The molecule has 0 aromatic heterocycles. The van der Waals surface area contributed by atoms with Gasteiger partial charge < -0.3 is 10.2 Å². The molecule has 0 saturated carbocycles. The quantitative estimate of drug-likeness (QED) is 0.655. The van der Waals surface area contributed by atoms with Crippen LogP contribution in [0.2, 0.25) is 0 Å². The third-order valence-electron chi connectivity index (χ3n) is 2.69. The van der Waals surface area contributed by atoms with E-state index in [1.54, 1.807) is 17.5 Å². The van der Waals surface area contributed by atoms with Gasteiger partial charge in [0, 0.05) is 12.5 Å². The molecule has 0 bridgehead atoms. The van der Waals surface area contributed by atoms with E-state index in [2.05, 4.69) is 0 Å². The van der Waals surface area contributed by atoms with E-state index in [4.69, 9.17) is 12.2 Å². The van der Waals surface area contributed by atoms with Gasteiger partial charge in [-0.25, -0.2) is 0 Å². The molecule has 0 atom stereocenters. The van der Waals surface area contributed by atoms with Crippen LogP contribution in [0.1, 0.15) is 16.7 Å². The first-order valence-electron chi connectivity index (χ1n) is 5.91. The van der Waals surface area contributed by atoms with Gasteiger partial charge in [-0.15, -0.1) is 0 Å². The number of hydrogen-bond donors (Lipinski definition) is 2. The lowest BCUT2D eigenvalue weighted by atomic mass is 10.1. The first-order valence-corrected chi connectivity index (χ1v) is 6.38. The van der Waals surface area contributed by atoms with Crippen LogP contribution >= 0.6 is 12.2 Å². The molecule has 0 radical (unpaired) electrons. The number of hydrogen-bond acceptors (Lipinski definition) is 3. The fraction of sp³-hybridized carbons (Fsp3) is 0.0625. The summed E-state index contributed by atoms with van der Waals surface area (Å²) in [6.07, 6.45) is 4.56. The van der Waals surface area contributed by atoms with Crippen LogP contribution in [0, 0.1) is 0 Å². The fourth-order valence-corrected chi connectivity index (χ4v) is 1.96. The average molecular weight is 270 g/mol. The van der Waals surface area contributed by atoms with E-state index in [0.717, 1.165) is 17.5 Å². The zero-order valence-corrected chi connectivity index (χ0v) is 11.1. The van der Waals surface area contributed by atoms with Crippen molar-refractivity contribution in [2.24, 2.45) is 0 Å². The molecule has 0 fully saturated rings. The van der Waals surface area contributed by atoms with Gasteiger partial charge in [0.25, 0.3) is 0 Å². The van der Waals surface area contributed by atoms with E-state index in [0.29, 0.717) is 0 Å². The summed E-state index contributed by atoms with van der Waals surface area (Å²) < 4.78 is 0. The maximum atomic E-state index is 9.38. The molecule has 2 rings (SSSR count). The van der Waals surface area contributed by atoms with E-state index in [-0.39, 0.29) is 11.5 Å². The van der Waals surface area contributed by atoms with Gasteiger partial charge in [0.2, 0.25) is 0 Å². The number of phenolic OH excluding ortho intramolecular Hbond substituents is 2. The molecule has 2 N–H and O–H groups in total. The Morgan fingerprint density at radius 2 is 1.42 bits per heavy atom. The summed E-state index contributed by atoms with van der Waals surface area (Å²) in [5.74, 6) is 0.104. The lowest BCUT2D eigenvalue weighted by Gasteiger charge is -1.99. The van der Waals surface area contributed by atoms with Crippen molar-refractivity contribution in [2.45, 2.75) is 6.42 Å². The van der Waals surface area contributed by atoms with E-state index in [1.807, 2.05) is 36.4 Å². The van der Waals surface area contributed by atoms with Gasteiger partial charge in [0.1, 0.15) is 11.5 Å². The van der Waals surface area contributed by atoms with Gasteiger partial charge in [-0.05, 0) is 34.2 Å². The third-order valence-corrected chi connectivity index (χ3v) is 2.86. The second kappa shape index (κ2) is 6.16. The highest BCUT2D eigenvalue weighted by Gasteiger charge is 1.96. The molecule has 3 heteroatoms. The number of benzene rings is 2. The minimum atomic E-state index is 0.0518. The van der Waals surface area contributed by atoms with E-state index in [9.17, 15) is 10.2 Å². The van der Waals surface area contributed by atoms with Crippen LogP contribution in [0.15, 0.2) is 42.5 Å². The van der Waals surface area contributed by atoms with Crippen LogP contribution in [0.25, 0.3) is 12.2 Å². The van der Waals surface area contributed by atoms with Crippen LogP contribution < -0.4 is 0 Å². The van der Waals surface area contributed by atoms with Gasteiger partial charge >= 0.3 is 0 Å². The maximum absolute atomic E-state index is 9.38. The van der Waals surface area contributed by atoms with E-state index >= 15 is 0 Å². The first-order chi connectivity index (χ1) is 9.17. The Balaban J connectivity index is 2.15. The van der Waals surface area contributed by atoms with Crippen molar-refractivity contribution in [3.8, 4) is 11.5 Å². The van der Waals surface area contributed by atoms with Crippen LogP contribution in [0.4, 0.5) is 0 Å².